The summed E-state index contributed by atoms with van der Waals surface area (Å²) in [6.07, 6.45) is 6.70. The van der Waals surface area contributed by atoms with Crippen molar-refractivity contribution < 1.29 is 52.9 Å². The molecule has 5 rings (SSSR count). The number of carbonyl (C=O) groups excluding carboxylic acids is 3. The first-order valence-corrected chi connectivity index (χ1v) is 20.2. The van der Waals surface area contributed by atoms with Crippen LogP contribution in [0.5, 0.6) is 5.75 Å². The van der Waals surface area contributed by atoms with Gasteiger partial charge < -0.3 is 29.6 Å². The molecule has 0 radical (unpaired) electrons. The highest BCUT2D eigenvalue weighted by Gasteiger charge is 2.47. The summed E-state index contributed by atoms with van der Waals surface area (Å²) in [6.45, 7) is 3.23. The molecule has 5 atom stereocenters. The Hall–Kier alpha value is -4.69. The lowest BCUT2D eigenvalue weighted by atomic mass is 9.73. The zero-order valence-corrected chi connectivity index (χ0v) is 33.2. The molecule has 13 heteroatoms. The normalized spacial score (nSPS) is 18.8. The molecule has 0 saturated heterocycles. The van der Waals surface area contributed by atoms with E-state index in [0.29, 0.717) is 17.6 Å². The fourth-order valence-electron chi connectivity index (χ4n) is 7.68. The van der Waals surface area contributed by atoms with Crippen LogP contribution in [0.1, 0.15) is 74.1 Å². The maximum absolute atomic E-state index is 12.2. The van der Waals surface area contributed by atoms with E-state index in [4.69, 9.17) is 38.5 Å². The molecule has 5 unspecified atom stereocenters. The molecule has 0 bridgehead atoms. The van der Waals surface area contributed by atoms with Crippen molar-refractivity contribution in [2.75, 3.05) is 40.0 Å². The minimum Gasteiger partial charge on any atom is -0.482 e. The summed E-state index contributed by atoms with van der Waals surface area (Å²) in [5, 5.41) is 5.43. The topological polar surface area (TPSA) is 149 Å². The molecule has 0 aliphatic heterocycles. The Bertz CT molecular complexity index is 1640. The van der Waals surface area contributed by atoms with E-state index in [2.05, 4.69) is 23.6 Å². The minimum atomic E-state index is -0.523. The highest BCUT2D eigenvalue weighted by molar-refractivity contribution is 5.71. The third-order valence-electron chi connectivity index (χ3n) is 10.6. The molecule has 0 aromatic heterocycles. The predicted octanol–water partition coefficient (Wildman–Crippen LogP) is 7.44. The van der Waals surface area contributed by atoms with Gasteiger partial charge in [-0.05, 0) is 84.6 Å². The number of hydrogen-bond acceptors (Lipinski definition) is 11. The van der Waals surface area contributed by atoms with E-state index in [-0.39, 0.29) is 64.2 Å². The first-order valence-electron chi connectivity index (χ1n) is 20.2. The Labute approximate surface area is 335 Å². The molecular formula is C44H58N2O11. The number of fused-ring (bicyclic) bond motifs is 2. The quantitative estimate of drug-likeness (QED) is 0.0307. The van der Waals surface area contributed by atoms with E-state index in [0.717, 1.165) is 74.5 Å². The molecule has 2 aliphatic carbocycles. The van der Waals surface area contributed by atoms with Crippen molar-refractivity contribution in [3.8, 4) is 5.75 Å². The summed E-state index contributed by atoms with van der Waals surface area (Å²) >= 11 is 0. The van der Waals surface area contributed by atoms with Crippen LogP contribution >= 0.6 is 0 Å². The molecule has 57 heavy (non-hydrogen) atoms. The second kappa shape index (κ2) is 24.2. The van der Waals surface area contributed by atoms with Gasteiger partial charge in [-0.15, -0.1) is 0 Å². The number of amides is 2. The van der Waals surface area contributed by atoms with Gasteiger partial charge in [0.05, 0.1) is 32.5 Å². The van der Waals surface area contributed by atoms with Crippen LogP contribution in [0, 0.1) is 17.8 Å². The first kappa shape index (κ1) is 43.4. The minimum absolute atomic E-state index is 0.137. The number of methoxy groups -OCH3 is 1. The maximum atomic E-state index is 12.2. The summed E-state index contributed by atoms with van der Waals surface area (Å²) in [4.78, 5) is 59.8. The molecule has 1 fully saturated rings. The van der Waals surface area contributed by atoms with E-state index in [1.807, 2.05) is 72.8 Å². The molecule has 3 aromatic rings. The van der Waals surface area contributed by atoms with Crippen LogP contribution in [0.2, 0.25) is 0 Å². The van der Waals surface area contributed by atoms with Crippen molar-refractivity contribution in [1.82, 2.24) is 10.6 Å². The number of alkyl carbamates (subject to hydrolysis) is 2. The molecule has 0 spiro atoms. The van der Waals surface area contributed by atoms with Gasteiger partial charge >= 0.3 is 18.2 Å². The average molecular weight is 791 g/mol. The molecule has 0 heterocycles. The van der Waals surface area contributed by atoms with E-state index < -0.39 is 18.2 Å². The van der Waals surface area contributed by atoms with Crippen molar-refractivity contribution in [1.29, 1.82) is 0 Å². The third-order valence-corrected chi connectivity index (χ3v) is 10.6. The lowest BCUT2D eigenvalue weighted by Gasteiger charge is -2.33. The van der Waals surface area contributed by atoms with Crippen molar-refractivity contribution in [2.24, 2.45) is 17.8 Å². The van der Waals surface area contributed by atoms with E-state index >= 15 is 0 Å². The largest absolute Gasteiger partial charge is 0.482 e. The highest BCUT2D eigenvalue weighted by atomic mass is 17.2. The van der Waals surface area contributed by atoms with Gasteiger partial charge in [0.1, 0.15) is 19.0 Å². The molecule has 2 N–H and O–H groups in total. The van der Waals surface area contributed by atoms with Gasteiger partial charge in [0.25, 0.3) is 0 Å². The number of rotatable bonds is 24. The van der Waals surface area contributed by atoms with Gasteiger partial charge in [-0.25, -0.2) is 33.9 Å². The van der Waals surface area contributed by atoms with E-state index in [9.17, 15) is 14.4 Å². The lowest BCUT2D eigenvalue weighted by molar-refractivity contribution is -0.334. The Morgan fingerprint density at radius 2 is 1.44 bits per heavy atom. The first-order chi connectivity index (χ1) is 27.9. The van der Waals surface area contributed by atoms with Crippen LogP contribution in [0.15, 0.2) is 78.9 Å². The number of ether oxygens (including phenoxy) is 4. The predicted molar refractivity (Wildman–Crippen MR) is 211 cm³/mol. The summed E-state index contributed by atoms with van der Waals surface area (Å²) in [7, 11) is 1.35. The van der Waals surface area contributed by atoms with E-state index in [1.165, 1.54) is 12.7 Å². The standard InChI is InChI=1S/C44H58N2O11/c1-3-4-7-18-36(56-54-24-22-45-43(48)52-29-32-13-8-5-9-14-32)20-21-37-38-26-34-17-12-19-40(51-31-42(47)50-2)39(34)27-35(38)28-41(37)57-55-25-23-46-44(49)53-30-33-15-10-6-11-16-33/h5-6,8-17,19,35-38,41H,3-4,7,18,20-31H2,1-2H3,(H,45,48)(H,46,49). The fraction of sp³-hybridized carbons (Fsp3) is 0.523. The number of esters is 1. The van der Waals surface area contributed by atoms with Crippen LogP contribution in [0.4, 0.5) is 9.59 Å². The smallest absolute Gasteiger partial charge is 0.407 e. The molecule has 13 nitrogen and oxygen atoms in total. The summed E-state index contributed by atoms with van der Waals surface area (Å²) < 4.78 is 21.3. The van der Waals surface area contributed by atoms with Crippen LogP contribution in [-0.4, -0.2) is 70.4 Å². The zero-order chi connectivity index (χ0) is 40.1. The lowest BCUT2D eigenvalue weighted by Crippen LogP contribution is -2.31. The fourth-order valence-corrected chi connectivity index (χ4v) is 7.68. The highest BCUT2D eigenvalue weighted by Crippen LogP contribution is 2.49. The van der Waals surface area contributed by atoms with Crippen molar-refractivity contribution in [3.05, 3.63) is 101 Å². The van der Waals surface area contributed by atoms with Crippen LogP contribution in [0.3, 0.4) is 0 Å². The van der Waals surface area contributed by atoms with Gasteiger partial charge in [0.15, 0.2) is 6.61 Å². The number of unbranched alkanes of at least 4 members (excludes halogenated alkanes) is 2. The van der Waals surface area contributed by atoms with Gasteiger partial charge in [0.2, 0.25) is 0 Å². The number of benzene rings is 3. The Balaban J connectivity index is 1.14. The molecule has 3 aromatic carbocycles. The Kier molecular flexibility index (Phi) is 18.4. The number of hydrogen-bond donors (Lipinski definition) is 2. The second-order valence-electron chi connectivity index (χ2n) is 14.5. The second-order valence-corrected chi connectivity index (χ2v) is 14.5. The van der Waals surface area contributed by atoms with Gasteiger partial charge in [0, 0.05) is 13.1 Å². The summed E-state index contributed by atoms with van der Waals surface area (Å²) in [6, 6.07) is 25.0. The maximum Gasteiger partial charge on any atom is 0.407 e. The van der Waals surface area contributed by atoms with Crippen molar-refractivity contribution >= 4 is 18.2 Å². The third kappa shape index (κ3) is 14.6. The monoisotopic (exact) mass is 790 g/mol. The molecular weight excluding hydrogens is 732 g/mol. The average Bonchev–Trinajstić information content (AvgIpc) is 3.58. The summed E-state index contributed by atoms with van der Waals surface area (Å²) in [5.41, 5.74) is 4.14. The Morgan fingerprint density at radius 3 is 2.09 bits per heavy atom. The molecule has 2 aliphatic rings. The number of carbonyl (C=O) groups is 3. The van der Waals surface area contributed by atoms with E-state index in [1.54, 1.807) is 0 Å². The van der Waals surface area contributed by atoms with Crippen LogP contribution in [-0.2, 0) is 64.6 Å². The summed E-state index contributed by atoms with van der Waals surface area (Å²) in [5.74, 6) is 1.10. The van der Waals surface area contributed by atoms with Gasteiger partial charge in [-0.2, -0.15) is 0 Å². The Morgan fingerprint density at radius 1 is 0.772 bits per heavy atom. The van der Waals surface area contributed by atoms with Crippen LogP contribution in [0.25, 0.3) is 0 Å². The van der Waals surface area contributed by atoms with Crippen molar-refractivity contribution in [3.63, 3.8) is 0 Å². The zero-order valence-electron chi connectivity index (χ0n) is 33.2. The SMILES string of the molecule is CCCCCC(CCC1C(OOCCNC(=O)OCc2ccccc2)CC2Cc3c(cccc3OCC(=O)OC)CC21)OOCCNC(=O)OCc1ccccc1. The van der Waals surface area contributed by atoms with Crippen molar-refractivity contribution in [2.45, 2.75) is 90.1 Å². The molecule has 310 valence electrons. The molecule has 2 amide bonds. The van der Waals surface area contributed by atoms with Gasteiger partial charge in [-0.3, -0.25) is 0 Å². The number of nitrogens with one attached hydrogen (secondary N) is 2. The molecule has 1 saturated carbocycles. The van der Waals surface area contributed by atoms with Gasteiger partial charge in [-0.1, -0.05) is 99.0 Å². The van der Waals surface area contributed by atoms with Crippen LogP contribution < -0.4 is 15.4 Å².